The fraction of sp³-hybridized carbons (Fsp3) is 0.389. The number of hydrogen-bond acceptors (Lipinski definition) is 0. The van der Waals surface area contributed by atoms with Gasteiger partial charge in [-0.2, -0.15) is 4.58 Å². The summed E-state index contributed by atoms with van der Waals surface area (Å²) in [7, 11) is 0. The number of rotatable bonds is 5. The topological polar surface area (TPSA) is 3.01 Å². The summed E-state index contributed by atoms with van der Waals surface area (Å²) in [5.74, 6) is 0. The van der Waals surface area contributed by atoms with Gasteiger partial charge < -0.3 is 24.0 Å². The molecule has 2 heteroatoms. The van der Waals surface area contributed by atoms with Gasteiger partial charge in [0, 0.05) is 19.4 Å². The third-order valence-corrected chi connectivity index (χ3v) is 4.20. The average Bonchev–Trinajstić information content (AvgIpc) is 2.71. The van der Waals surface area contributed by atoms with E-state index in [0.29, 0.717) is 0 Å². The molecule has 0 spiro atoms. The number of nitrogens with zero attached hydrogens (tertiary/aromatic N) is 1. The zero-order valence-corrected chi connectivity index (χ0v) is 14.5. The van der Waals surface area contributed by atoms with E-state index in [1.165, 1.54) is 53.4 Å². The Morgan fingerprint density at radius 2 is 1.70 bits per heavy atom. The third-order valence-electron chi connectivity index (χ3n) is 4.20. The molecule has 1 aliphatic heterocycles. The standard InChI is InChI=1S/C18H22N.HI/c1-3-4-5-6-13-19-14(2)16-11-7-9-15-10-8-12-17(19)18(15)16;/h7-12H,3-6,13H2,1-2H3;1H/q+1;/p-1. The maximum atomic E-state index is 2.51. The van der Waals surface area contributed by atoms with Crippen molar-refractivity contribution in [1.29, 1.82) is 0 Å². The zero-order chi connectivity index (χ0) is 13.2. The van der Waals surface area contributed by atoms with Crippen LogP contribution in [0.3, 0.4) is 0 Å². The quantitative estimate of drug-likeness (QED) is 0.424. The maximum absolute atomic E-state index is 2.51. The Labute approximate surface area is 138 Å². The lowest BCUT2D eigenvalue weighted by Gasteiger charge is -2.02. The third kappa shape index (κ3) is 2.62. The SMILES string of the molecule is CCCCCC[N+]1=C(C)c2cccc3cccc1c23.[I-]. The Kier molecular flexibility index (Phi) is 5.19. The molecule has 1 aliphatic rings. The van der Waals surface area contributed by atoms with Crippen LogP contribution in [0.5, 0.6) is 0 Å². The number of halogens is 1. The van der Waals surface area contributed by atoms with E-state index in [1.54, 1.807) is 0 Å². The van der Waals surface area contributed by atoms with Crippen molar-refractivity contribution in [3.63, 3.8) is 0 Å². The van der Waals surface area contributed by atoms with Gasteiger partial charge in [-0.1, -0.05) is 44.0 Å². The highest BCUT2D eigenvalue weighted by Gasteiger charge is 2.27. The van der Waals surface area contributed by atoms with Crippen molar-refractivity contribution in [3.8, 4) is 0 Å². The van der Waals surface area contributed by atoms with Crippen LogP contribution in [0.25, 0.3) is 10.8 Å². The maximum Gasteiger partial charge on any atom is 0.214 e. The molecule has 106 valence electrons. The molecule has 0 aliphatic carbocycles. The van der Waals surface area contributed by atoms with Gasteiger partial charge >= 0.3 is 0 Å². The lowest BCUT2D eigenvalue weighted by molar-refractivity contribution is -0.437. The van der Waals surface area contributed by atoms with E-state index in [-0.39, 0.29) is 24.0 Å². The second kappa shape index (κ2) is 6.70. The lowest BCUT2D eigenvalue weighted by Crippen LogP contribution is -3.00. The van der Waals surface area contributed by atoms with Gasteiger partial charge in [-0.3, -0.25) is 0 Å². The van der Waals surface area contributed by atoms with Crippen molar-refractivity contribution in [2.75, 3.05) is 6.54 Å². The molecule has 0 aromatic heterocycles. The van der Waals surface area contributed by atoms with Gasteiger partial charge in [0.2, 0.25) is 5.69 Å². The molecule has 2 aromatic rings. The Bertz CT molecular complexity index is 638. The monoisotopic (exact) mass is 379 g/mol. The first kappa shape index (κ1) is 15.5. The zero-order valence-electron chi connectivity index (χ0n) is 12.3. The van der Waals surface area contributed by atoms with Crippen LogP contribution < -0.4 is 24.0 Å². The van der Waals surface area contributed by atoms with E-state index < -0.39 is 0 Å². The molecule has 0 amide bonds. The fourth-order valence-electron chi connectivity index (χ4n) is 3.16. The van der Waals surface area contributed by atoms with Gasteiger partial charge in [-0.25, -0.2) is 0 Å². The molecule has 0 unspecified atom stereocenters. The van der Waals surface area contributed by atoms with Gasteiger partial charge in [0.1, 0.15) is 6.54 Å². The summed E-state index contributed by atoms with van der Waals surface area (Å²) in [5.41, 5.74) is 4.24. The predicted octanol–water partition coefficient (Wildman–Crippen LogP) is 1.89. The first-order valence-electron chi connectivity index (χ1n) is 7.46. The van der Waals surface area contributed by atoms with Gasteiger partial charge in [0.15, 0.2) is 5.71 Å². The summed E-state index contributed by atoms with van der Waals surface area (Å²) in [6.45, 7) is 5.68. The summed E-state index contributed by atoms with van der Waals surface area (Å²) < 4.78 is 2.51. The highest BCUT2D eigenvalue weighted by atomic mass is 127. The van der Waals surface area contributed by atoms with E-state index >= 15 is 0 Å². The van der Waals surface area contributed by atoms with E-state index in [0.717, 1.165) is 6.54 Å². The van der Waals surface area contributed by atoms with Gasteiger partial charge in [-0.05, 0) is 17.9 Å². The minimum Gasteiger partial charge on any atom is -1.00 e. The van der Waals surface area contributed by atoms with Crippen molar-refractivity contribution in [2.45, 2.75) is 39.5 Å². The Morgan fingerprint density at radius 3 is 2.45 bits per heavy atom. The van der Waals surface area contributed by atoms with Crippen LogP contribution >= 0.6 is 0 Å². The molecule has 1 heterocycles. The number of hydrogen-bond donors (Lipinski definition) is 0. The van der Waals surface area contributed by atoms with Gasteiger partial charge in [0.25, 0.3) is 0 Å². The van der Waals surface area contributed by atoms with E-state index in [9.17, 15) is 0 Å². The van der Waals surface area contributed by atoms with Crippen LogP contribution in [-0.2, 0) is 0 Å². The minimum absolute atomic E-state index is 0. The molecule has 0 atom stereocenters. The molecule has 20 heavy (non-hydrogen) atoms. The molecule has 0 fully saturated rings. The normalized spacial score (nSPS) is 12.9. The van der Waals surface area contributed by atoms with Crippen molar-refractivity contribution in [2.24, 2.45) is 0 Å². The van der Waals surface area contributed by atoms with Crippen molar-refractivity contribution >= 4 is 22.2 Å². The van der Waals surface area contributed by atoms with Crippen LogP contribution in [0, 0.1) is 0 Å². The molecule has 0 bridgehead atoms. The fourth-order valence-corrected chi connectivity index (χ4v) is 3.16. The van der Waals surface area contributed by atoms with E-state index in [4.69, 9.17) is 0 Å². The second-order valence-electron chi connectivity index (χ2n) is 5.48. The number of benzene rings is 2. The first-order chi connectivity index (χ1) is 9.33. The van der Waals surface area contributed by atoms with Gasteiger partial charge in [0.05, 0.1) is 10.9 Å². The Balaban J connectivity index is 0.00000147. The van der Waals surface area contributed by atoms with Crippen molar-refractivity contribution in [3.05, 3.63) is 42.0 Å². The first-order valence-corrected chi connectivity index (χ1v) is 7.46. The van der Waals surface area contributed by atoms with E-state index in [1.807, 2.05) is 0 Å². The summed E-state index contributed by atoms with van der Waals surface area (Å²) in [6.07, 6.45) is 5.28. The van der Waals surface area contributed by atoms with Gasteiger partial charge in [-0.15, -0.1) is 0 Å². The lowest BCUT2D eigenvalue weighted by atomic mass is 10.0. The van der Waals surface area contributed by atoms with Crippen LogP contribution in [-0.4, -0.2) is 16.8 Å². The molecule has 2 aromatic carbocycles. The highest BCUT2D eigenvalue weighted by Crippen LogP contribution is 2.35. The number of unbranched alkanes of at least 4 members (excludes halogenated alkanes) is 3. The average molecular weight is 379 g/mol. The molecule has 0 radical (unpaired) electrons. The van der Waals surface area contributed by atoms with Crippen LogP contribution in [0.4, 0.5) is 5.69 Å². The van der Waals surface area contributed by atoms with Crippen molar-refractivity contribution in [1.82, 2.24) is 0 Å². The molecular weight excluding hydrogens is 357 g/mol. The summed E-state index contributed by atoms with van der Waals surface area (Å²) >= 11 is 0. The van der Waals surface area contributed by atoms with Crippen LogP contribution in [0.1, 0.15) is 45.1 Å². The minimum atomic E-state index is 0. The predicted molar refractivity (Wildman–Crippen MR) is 82.7 cm³/mol. The largest absolute Gasteiger partial charge is 1.00 e. The second-order valence-corrected chi connectivity index (χ2v) is 5.48. The van der Waals surface area contributed by atoms with E-state index in [2.05, 4.69) is 54.8 Å². The molecule has 0 saturated heterocycles. The van der Waals surface area contributed by atoms with Crippen molar-refractivity contribution < 1.29 is 28.6 Å². The molecule has 0 N–H and O–H groups in total. The highest BCUT2D eigenvalue weighted by molar-refractivity contribution is 6.14. The Hall–Kier alpha value is -0.900. The molecule has 1 nitrogen and oxygen atoms in total. The van der Waals surface area contributed by atoms with Crippen LogP contribution in [0.2, 0.25) is 0 Å². The van der Waals surface area contributed by atoms with Crippen LogP contribution in [0.15, 0.2) is 36.4 Å². The summed E-state index contributed by atoms with van der Waals surface area (Å²) in [6, 6.07) is 13.3. The molecular formula is C18H22IN. The summed E-state index contributed by atoms with van der Waals surface area (Å²) in [5, 5.41) is 2.81. The smallest absolute Gasteiger partial charge is 0.214 e. The summed E-state index contributed by atoms with van der Waals surface area (Å²) in [4.78, 5) is 0. The Morgan fingerprint density at radius 1 is 0.950 bits per heavy atom. The molecule has 3 rings (SSSR count). The molecule has 0 saturated carbocycles.